The first-order valence-electron chi connectivity index (χ1n) is 5.80. The third-order valence-corrected chi connectivity index (χ3v) is 3.43. The summed E-state index contributed by atoms with van der Waals surface area (Å²) < 4.78 is 0. The molecule has 2 rings (SSSR count). The lowest BCUT2D eigenvalue weighted by Gasteiger charge is -2.27. The third kappa shape index (κ3) is 2.14. The van der Waals surface area contributed by atoms with Gasteiger partial charge in [-0.25, -0.2) is 0 Å². The van der Waals surface area contributed by atoms with Crippen molar-refractivity contribution in [1.82, 2.24) is 0 Å². The van der Waals surface area contributed by atoms with Crippen LogP contribution in [-0.2, 0) is 0 Å². The van der Waals surface area contributed by atoms with Crippen LogP contribution in [0.4, 0.5) is 0 Å². The number of carbonyl (C=O) groups is 1. The molecule has 0 aromatic heterocycles. The molecule has 0 spiro atoms. The highest BCUT2D eigenvalue weighted by Gasteiger charge is 2.25. The van der Waals surface area contributed by atoms with Crippen molar-refractivity contribution in [3.8, 4) is 6.07 Å². The fourth-order valence-corrected chi connectivity index (χ4v) is 2.51. The molecule has 1 aromatic rings. The average Bonchev–Trinajstić information content (AvgIpc) is 2.39. The van der Waals surface area contributed by atoms with E-state index in [1.165, 1.54) is 18.4 Å². The lowest BCUT2D eigenvalue weighted by molar-refractivity contribution is 0.112. The second kappa shape index (κ2) is 4.94. The van der Waals surface area contributed by atoms with Crippen LogP contribution in [0.25, 0.3) is 0 Å². The van der Waals surface area contributed by atoms with Crippen LogP contribution in [0.15, 0.2) is 24.3 Å². The first kappa shape index (κ1) is 10.9. The zero-order valence-corrected chi connectivity index (χ0v) is 9.23. The van der Waals surface area contributed by atoms with Crippen molar-refractivity contribution in [2.75, 3.05) is 0 Å². The van der Waals surface area contributed by atoms with Crippen LogP contribution in [0.5, 0.6) is 0 Å². The summed E-state index contributed by atoms with van der Waals surface area (Å²) >= 11 is 0. The van der Waals surface area contributed by atoms with Crippen molar-refractivity contribution < 1.29 is 4.79 Å². The van der Waals surface area contributed by atoms with E-state index in [2.05, 4.69) is 6.07 Å². The van der Waals surface area contributed by atoms with E-state index >= 15 is 0 Å². The lowest BCUT2D eigenvalue weighted by atomic mass is 9.76. The largest absolute Gasteiger partial charge is 0.298 e. The van der Waals surface area contributed by atoms with Gasteiger partial charge in [0, 0.05) is 5.56 Å². The zero-order valence-electron chi connectivity index (χ0n) is 9.23. The van der Waals surface area contributed by atoms with E-state index in [4.69, 9.17) is 5.26 Å². The van der Waals surface area contributed by atoms with Crippen molar-refractivity contribution in [3.05, 3.63) is 35.4 Å². The molecule has 1 saturated carbocycles. The Morgan fingerprint density at radius 2 is 1.88 bits per heavy atom. The first-order chi connectivity index (χ1) is 7.85. The van der Waals surface area contributed by atoms with Crippen LogP contribution in [0, 0.1) is 17.2 Å². The molecule has 1 fully saturated rings. The van der Waals surface area contributed by atoms with E-state index in [1.807, 2.05) is 24.3 Å². The molecule has 16 heavy (non-hydrogen) atoms. The van der Waals surface area contributed by atoms with Gasteiger partial charge >= 0.3 is 0 Å². The summed E-state index contributed by atoms with van der Waals surface area (Å²) in [6.45, 7) is 0. The summed E-state index contributed by atoms with van der Waals surface area (Å²) in [5.74, 6) is 0.510. The Bertz CT molecular complexity index is 402. The van der Waals surface area contributed by atoms with Crippen molar-refractivity contribution in [3.63, 3.8) is 0 Å². The molecule has 2 unspecified atom stereocenters. The summed E-state index contributed by atoms with van der Waals surface area (Å²) in [5.41, 5.74) is 1.91. The van der Waals surface area contributed by atoms with Gasteiger partial charge < -0.3 is 0 Å². The molecule has 0 saturated heterocycles. The van der Waals surface area contributed by atoms with E-state index in [-0.39, 0.29) is 5.92 Å². The van der Waals surface area contributed by atoms with Crippen molar-refractivity contribution >= 4 is 6.29 Å². The van der Waals surface area contributed by atoms with Crippen molar-refractivity contribution in [2.24, 2.45) is 5.92 Å². The summed E-state index contributed by atoms with van der Waals surface area (Å²) in [7, 11) is 0. The number of nitrogens with zero attached hydrogens (tertiary/aromatic N) is 1. The minimum Gasteiger partial charge on any atom is -0.298 e. The maximum absolute atomic E-state index is 10.6. The Morgan fingerprint density at radius 1 is 1.19 bits per heavy atom. The summed E-state index contributed by atoms with van der Waals surface area (Å²) in [6.07, 6.45) is 5.33. The van der Waals surface area contributed by atoms with Gasteiger partial charge in [-0.2, -0.15) is 5.26 Å². The molecule has 2 heteroatoms. The molecule has 1 aromatic carbocycles. The van der Waals surface area contributed by atoms with E-state index in [0.717, 1.165) is 19.1 Å². The van der Waals surface area contributed by atoms with Crippen LogP contribution in [0.1, 0.15) is 47.5 Å². The van der Waals surface area contributed by atoms with Gasteiger partial charge in [0.1, 0.15) is 6.29 Å². The minimum absolute atomic E-state index is 0.149. The van der Waals surface area contributed by atoms with Gasteiger partial charge in [-0.15, -0.1) is 0 Å². The van der Waals surface area contributed by atoms with Gasteiger partial charge in [0.25, 0.3) is 0 Å². The van der Waals surface area contributed by atoms with Crippen molar-refractivity contribution in [2.45, 2.75) is 31.6 Å². The monoisotopic (exact) mass is 213 g/mol. The number of hydrogen-bond donors (Lipinski definition) is 0. The summed E-state index contributed by atoms with van der Waals surface area (Å²) in [5, 5.41) is 9.12. The topological polar surface area (TPSA) is 40.9 Å². The molecule has 0 radical (unpaired) electrons. The number of hydrogen-bond acceptors (Lipinski definition) is 2. The minimum atomic E-state index is 0.149. The predicted molar refractivity (Wildman–Crippen MR) is 62.1 cm³/mol. The average molecular weight is 213 g/mol. The fourth-order valence-electron chi connectivity index (χ4n) is 2.51. The van der Waals surface area contributed by atoms with Gasteiger partial charge in [0.05, 0.1) is 12.0 Å². The zero-order chi connectivity index (χ0) is 11.4. The Balaban J connectivity index is 2.21. The Kier molecular flexibility index (Phi) is 3.36. The highest BCUT2D eigenvalue weighted by molar-refractivity contribution is 5.74. The number of benzene rings is 1. The van der Waals surface area contributed by atoms with E-state index < -0.39 is 0 Å². The maximum atomic E-state index is 10.6. The number of carbonyl (C=O) groups excluding carboxylic acids is 1. The summed E-state index contributed by atoms with van der Waals surface area (Å²) in [4.78, 5) is 10.6. The number of nitriles is 1. The number of rotatable bonds is 2. The van der Waals surface area contributed by atoms with Gasteiger partial charge in [0.15, 0.2) is 0 Å². The molecule has 2 nitrogen and oxygen atoms in total. The van der Waals surface area contributed by atoms with E-state index in [9.17, 15) is 4.79 Å². The van der Waals surface area contributed by atoms with Crippen LogP contribution >= 0.6 is 0 Å². The van der Waals surface area contributed by atoms with Gasteiger partial charge in [-0.1, -0.05) is 37.1 Å². The molecular weight excluding hydrogens is 198 g/mol. The highest BCUT2D eigenvalue weighted by atomic mass is 16.1. The third-order valence-electron chi connectivity index (χ3n) is 3.43. The van der Waals surface area contributed by atoms with Crippen LogP contribution in [0.3, 0.4) is 0 Å². The Labute approximate surface area is 95.9 Å². The molecule has 0 bridgehead atoms. The molecule has 0 aliphatic heterocycles. The molecule has 0 N–H and O–H groups in total. The molecule has 1 aliphatic rings. The quantitative estimate of drug-likeness (QED) is 0.707. The molecular formula is C14H15NO. The van der Waals surface area contributed by atoms with Crippen molar-refractivity contribution in [1.29, 1.82) is 5.26 Å². The number of aldehydes is 1. The Morgan fingerprint density at radius 3 is 2.50 bits per heavy atom. The second-order valence-electron chi connectivity index (χ2n) is 4.41. The first-order valence-corrected chi connectivity index (χ1v) is 5.80. The SMILES string of the molecule is N#CC1CCCCC1c1ccc(C=O)cc1. The fraction of sp³-hybridized carbons (Fsp3) is 0.429. The standard InChI is InChI=1S/C14H15NO/c15-9-13-3-1-2-4-14(13)12-7-5-11(10-16)6-8-12/h5-8,10,13-14H,1-4H2. The molecule has 1 aliphatic carbocycles. The molecule has 0 heterocycles. The molecule has 0 amide bonds. The molecule has 2 atom stereocenters. The predicted octanol–water partition coefficient (Wildman–Crippen LogP) is 3.30. The smallest absolute Gasteiger partial charge is 0.150 e. The van der Waals surface area contributed by atoms with Gasteiger partial charge in [-0.3, -0.25) is 4.79 Å². The van der Waals surface area contributed by atoms with Crippen LogP contribution < -0.4 is 0 Å². The highest BCUT2D eigenvalue weighted by Crippen LogP contribution is 2.37. The normalized spacial score (nSPS) is 24.7. The van der Waals surface area contributed by atoms with Gasteiger partial charge in [-0.05, 0) is 24.3 Å². The lowest BCUT2D eigenvalue weighted by Crippen LogP contribution is -2.16. The maximum Gasteiger partial charge on any atom is 0.150 e. The van der Waals surface area contributed by atoms with Gasteiger partial charge in [0.2, 0.25) is 0 Å². The summed E-state index contributed by atoms with van der Waals surface area (Å²) in [6, 6.07) is 10.1. The van der Waals surface area contributed by atoms with E-state index in [1.54, 1.807) is 0 Å². The van der Waals surface area contributed by atoms with Crippen LogP contribution in [0.2, 0.25) is 0 Å². The van der Waals surface area contributed by atoms with E-state index in [0.29, 0.717) is 11.5 Å². The Hall–Kier alpha value is -1.62. The molecule has 82 valence electrons. The second-order valence-corrected chi connectivity index (χ2v) is 4.41. The van der Waals surface area contributed by atoms with Crippen LogP contribution in [-0.4, -0.2) is 6.29 Å².